The first-order valence-corrected chi connectivity index (χ1v) is 6.20. The number of phenolic OH excluding ortho intramolecular Hbond substituents is 1. The van der Waals surface area contributed by atoms with Gasteiger partial charge >= 0.3 is 5.97 Å². The monoisotopic (exact) mass is 264 g/mol. The van der Waals surface area contributed by atoms with Crippen molar-refractivity contribution in [1.29, 1.82) is 0 Å². The zero-order valence-corrected chi connectivity index (χ0v) is 10.6. The number of hydrogen-bond acceptors (Lipinski definition) is 5. The Balaban J connectivity index is 2.12. The van der Waals surface area contributed by atoms with Crippen molar-refractivity contribution in [3.8, 4) is 11.5 Å². The van der Waals surface area contributed by atoms with E-state index in [2.05, 4.69) is 4.74 Å². The molecule has 0 amide bonds. The number of methoxy groups -OCH3 is 1. The maximum Gasteiger partial charge on any atom is 0.341 e. The van der Waals surface area contributed by atoms with Gasteiger partial charge in [0.25, 0.3) is 0 Å². The molecule has 18 heavy (non-hydrogen) atoms. The minimum atomic E-state index is -0.589. The summed E-state index contributed by atoms with van der Waals surface area (Å²) in [6.45, 7) is 0.425. The van der Waals surface area contributed by atoms with Gasteiger partial charge in [0.15, 0.2) is 0 Å². The average molecular weight is 264 g/mol. The van der Waals surface area contributed by atoms with Gasteiger partial charge in [0.2, 0.25) is 0 Å². The van der Waals surface area contributed by atoms with Crippen molar-refractivity contribution in [2.75, 3.05) is 7.11 Å². The van der Waals surface area contributed by atoms with Gasteiger partial charge in [0.05, 0.1) is 7.11 Å². The molecule has 5 heteroatoms. The molecule has 2 aromatic rings. The highest BCUT2D eigenvalue weighted by Crippen LogP contribution is 2.24. The molecule has 1 aromatic heterocycles. The maximum absolute atomic E-state index is 11.4. The van der Waals surface area contributed by atoms with Crippen molar-refractivity contribution in [3.05, 3.63) is 46.2 Å². The molecular formula is C13H12O4S. The van der Waals surface area contributed by atoms with Gasteiger partial charge in [-0.3, -0.25) is 0 Å². The first kappa shape index (κ1) is 12.4. The summed E-state index contributed by atoms with van der Waals surface area (Å²) >= 11 is 1.59. The fraction of sp³-hybridized carbons (Fsp3) is 0.154. The Kier molecular flexibility index (Phi) is 3.84. The van der Waals surface area contributed by atoms with Crippen molar-refractivity contribution in [1.82, 2.24) is 0 Å². The van der Waals surface area contributed by atoms with E-state index >= 15 is 0 Å². The van der Waals surface area contributed by atoms with E-state index in [1.54, 1.807) is 17.4 Å². The van der Waals surface area contributed by atoms with Crippen molar-refractivity contribution >= 4 is 17.3 Å². The quantitative estimate of drug-likeness (QED) is 0.863. The fourth-order valence-corrected chi connectivity index (χ4v) is 2.07. The number of carbonyl (C=O) groups is 1. The van der Waals surface area contributed by atoms with Gasteiger partial charge in [-0.1, -0.05) is 0 Å². The van der Waals surface area contributed by atoms with Crippen LogP contribution in [0, 0.1) is 0 Å². The van der Waals surface area contributed by atoms with Crippen LogP contribution in [0.5, 0.6) is 11.5 Å². The topological polar surface area (TPSA) is 55.8 Å². The van der Waals surface area contributed by atoms with Crippen LogP contribution in [0.25, 0.3) is 0 Å². The zero-order valence-electron chi connectivity index (χ0n) is 9.75. The molecule has 94 valence electrons. The number of aromatic hydroxyl groups is 1. The molecule has 0 saturated carbocycles. The Hall–Kier alpha value is -2.01. The fourth-order valence-electron chi connectivity index (χ4n) is 1.42. The van der Waals surface area contributed by atoms with Gasteiger partial charge in [-0.15, -0.1) is 0 Å². The summed E-state index contributed by atoms with van der Waals surface area (Å²) in [5.41, 5.74) is 1.16. The minimum Gasteiger partial charge on any atom is -0.507 e. The predicted molar refractivity (Wildman–Crippen MR) is 68.1 cm³/mol. The lowest BCUT2D eigenvalue weighted by atomic mass is 10.2. The number of rotatable bonds is 4. The molecule has 0 radical (unpaired) electrons. The molecule has 0 bridgehead atoms. The normalized spacial score (nSPS) is 10.1. The molecule has 1 heterocycles. The number of carbonyl (C=O) groups excluding carboxylic acids is 1. The van der Waals surface area contributed by atoms with Crippen LogP contribution in [0.15, 0.2) is 35.0 Å². The Morgan fingerprint density at radius 1 is 1.39 bits per heavy atom. The molecule has 0 fully saturated rings. The summed E-state index contributed by atoms with van der Waals surface area (Å²) in [7, 11) is 1.26. The lowest BCUT2D eigenvalue weighted by molar-refractivity contribution is 0.0597. The number of benzene rings is 1. The van der Waals surface area contributed by atoms with E-state index in [1.165, 1.54) is 19.2 Å². The summed E-state index contributed by atoms with van der Waals surface area (Å²) in [6.07, 6.45) is 0. The van der Waals surface area contributed by atoms with Gasteiger partial charge in [-0.25, -0.2) is 4.79 Å². The smallest absolute Gasteiger partial charge is 0.341 e. The summed E-state index contributed by atoms with van der Waals surface area (Å²) in [5.74, 6) is -0.197. The third-order valence-corrected chi connectivity index (χ3v) is 3.09. The Bertz CT molecular complexity index is 534. The molecule has 1 N–H and O–H groups in total. The largest absolute Gasteiger partial charge is 0.507 e. The van der Waals surface area contributed by atoms with Gasteiger partial charge in [-0.05, 0) is 40.6 Å². The van der Waals surface area contributed by atoms with Crippen molar-refractivity contribution in [3.63, 3.8) is 0 Å². The second kappa shape index (κ2) is 5.55. The summed E-state index contributed by atoms with van der Waals surface area (Å²) in [5, 5.41) is 13.5. The molecule has 1 aromatic carbocycles. The highest BCUT2D eigenvalue weighted by molar-refractivity contribution is 7.07. The maximum atomic E-state index is 11.4. The van der Waals surface area contributed by atoms with Crippen LogP contribution in [0.4, 0.5) is 0 Å². The predicted octanol–water partition coefficient (Wildman–Crippen LogP) is 2.82. The van der Waals surface area contributed by atoms with Crippen LogP contribution in [0.2, 0.25) is 0 Å². The van der Waals surface area contributed by atoms with Crippen molar-refractivity contribution < 1.29 is 19.4 Å². The van der Waals surface area contributed by atoms with Gasteiger partial charge in [0.1, 0.15) is 23.7 Å². The Morgan fingerprint density at radius 3 is 2.89 bits per heavy atom. The van der Waals surface area contributed by atoms with Gasteiger partial charge in [0, 0.05) is 0 Å². The van der Waals surface area contributed by atoms with E-state index < -0.39 is 5.97 Å². The van der Waals surface area contributed by atoms with E-state index in [4.69, 9.17) is 4.74 Å². The van der Waals surface area contributed by atoms with Gasteiger partial charge < -0.3 is 14.6 Å². The highest BCUT2D eigenvalue weighted by Gasteiger charge is 2.12. The number of ether oxygens (including phenoxy) is 2. The molecule has 4 nitrogen and oxygen atoms in total. The van der Waals surface area contributed by atoms with E-state index in [9.17, 15) is 9.90 Å². The van der Waals surface area contributed by atoms with Crippen molar-refractivity contribution in [2.24, 2.45) is 0 Å². The van der Waals surface area contributed by atoms with E-state index in [0.29, 0.717) is 12.4 Å². The number of thiophene rings is 1. The molecule has 0 saturated heterocycles. The third kappa shape index (κ3) is 2.81. The first-order valence-electron chi connectivity index (χ1n) is 5.26. The van der Waals surface area contributed by atoms with Crippen LogP contribution in [0.3, 0.4) is 0 Å². The van der Waals surface area contributed by atoms with Crippen LogP contribution in [0.1, 0.15) is 15.9 Å². The van der Waals surface area contributed by atoms with E-state index in [0.717, 1.165) is 5.56 Å². The molecular weight excluding hydrogens is 252 g/mol. The lowest BCUT2D eigenvalue weighted by Gasteiger charge is -2.08. The van der Waals surface area contributed by atoms with Crippen LogP contribution >= 0.6 is 11.3 Å². The molecule has 0 unspecified atom stereocenters. The molecule has 2 rings (SSSR count). The van der Waals surface area contributed by atoms with E-state index in [1.807, 2.05) is 16.8 Å². The number of phenols is 1. The molecule has 0 aliphatic heterocycles. The molecule has 0 spiro atoms. The second-order valence-electron chi connectivity index (χ2n) is 3.59. The van der Waals surface area contributed by atoms with E-state index in [-0.39, 0.29) is 11.3 Å². The third-order valence-electron chi connectivity index (χ3n) is 2.36. The number of esters is 1. The molecule has 0 aliphatic carbocycles. The average Bonchev–Trinajstić information content (AvgIpc) is 2.90. The SMILES string of the molecule is COC(=O)c1cc(OCc2ccsc2)ccc1O. The Labute approximate surface area is 108 Å². The van der Waals surface area contributed by atoms with Crippen molar-refractivity contribution in [2.45, 2.75) is 6.61 Å². The summed E-state index contributed by atoms with van der Waals surface area (Å²) in [6, 6.07) is 6.45. The molecule has 0 aliphatic rings. The first-order chi connectivity index (χ1) is 8.70. The Morgan fingerprint density at radius 2 is 2.22 bits per heavy atom. The standard InChI is InChI=1S/C13H12O4S/c1-16-13(15)11-6-10(2-3-12(11)14)17-7-9-4-5-18-8-9/h2-6,8,14H,7H2,1H3. The van der Waals surface area contributed by atoms with Crippen LogP contribution in [-0.4, -0.2) is 18.2 Å². The van der Waals surface area contributed by atoms with Crippen LogP contribution < -0.4 is 4.74 Å². The van der Waals surface area contributed by atoms with Gasteiger partial charge in [-0.2, -0.15) is 11.3 Å². The second-order valence-corrected chi connectivity index (χ2v) is 4.37. The minimum absolute atomic E-state index is 0.0975. The van der Waals surface area contributed by atoms with Crippen LogP contribution in [-0.2, 0) is 11.3 Å². The highest BCUT2D eigenvalue weighted by atomic mass is 32.1. The lowest BCUT2D eigenvalue weighted by Crippen LogP contribution is -2.02. The molecule has 0 atom stereocenters. The summed E-state index contributed by atoms with van der Waals surface area (Å²) in [4.78, 5) is 11.4. The summed E-state index contributed by atoms with van der Waals surface area (Å²) < 4.78 is 10.1. The zero-order chi connectivity index (χ0) is 13.0. The number of hydrogen-bond donors (Lipinski definition) is 1.